The van der Waals surface area contributed by atoms with Gasteiger partial charge in [-0.25, -0.2) is 36.5 Å². The molecule has 6 rings (SSSR count). The van der Waals surface area contributed by atoms with Crippen molar-refractivity contribution < 1.29 is 26.4 Å². The number of H-pyrrole nitrogens is 1. The minimum atomic E-state index is -4.45. The summed E-state index contributed by atoms with van der Waals surface area (Å²) < 4.78 is 73.1. The average molecular weight is 595 g/mol. The summed E-state index contributed by atoms with van der Waals surface area (Å²) in [5.41, 5.74) is 0.0221. The van der Waals surface area contributed by atoms with Crippen molar-refractivity contribution in [3.05, 3.63) is 108 Å². The summed E-state index contributed by atoms with van der Waals surface area (Å²) in [4.78, 5) is 29.5. The molecule has 0 aliphatic rings. The van der Waals surface area contributed by atoms with Gasteiger partial charge in [-0.2, -0.15) is 0 Å². The lowest BCUT2D eigenvalue weighted by molar-refractivity contribution is 0.103. The number of ketones is 1. The van der Waals surface area contributed by atoms with Crippen molar-refractivity contribution >= 4 is 43.9 Å². The van der Waals surface area contributed by atoms with Gasteiger partial charge in [-0.3, -0.25) is 14.1 Å². The van der Waals surface area contributed by atoms with Crippen LogP contribution in [-0.4, -0.2) is 38.7 Å². The molecule has 0 atom stereocenters. The van der Waals surface area contributed by atoms with E-state index < -0.39 is 49.4 Å². The number of aromatic amines is 1. The maximum absolute atomic E-state index is 15.5. The number of halogens is 3. The number of hydrogen-bond acceptors (Lipinski definition) is 7. The van der Waals surface area contributed by atoms with Crippen LogP contribution in [0.1, 0.15) is 21.6 Å². The van der Waals surface area contributed by atoms with E-state index in [-0.39, 0.29) is 5.56 Å². The van der Waals surface area contributed by atoms with Crippen LogP contribution in [0.3, 0.4) is 0 Å². The summed E-state index contributed by atoms with van der Waals surface area (Å²) >= 11 is 1.35. The van der Waals surface area contributed by atoms with E-state index in [1.165, 1.54) is 23.6 Å². The molecule has 0 unspecified atom stereocenters. The van der Waals surface area contributed by atoms with Gasteiger partial charge in [-0.05, 0) is 43.3 Å². The topological polar surface area (TPSA) is 123 Å². The highest BCUT2D eigenvalue weighted by Gasteiger charge is 2.27. The Labute approximate surface area is 234 Å². The number of nitrogens with zero attached hydrogens (tertiary/aromatic N) is 4. The number of anilines is 1. The number of fused-ring (bicyclic) bond motifs is 1. The minimum Gasteiger partial charge on any atom is -0.345 e. The van der Waals surface area contributed by atoms with E-state index in [1.54, 1.807) is 29.4 Å². The quantitative estimate of drug-likeness (QED) is 0.231. The molecule has 2 N–H and O–H groups in total. The Morgan fingerprint density at radius 2 is 1.88 bits per heavy atom. The summed E-state index contributed by atoms with van der Waals surface area (Å²) in [6.07, 6.45) is 7.95. The van der Waals surface area contributed by atoms with Crippen molar-refractivity contribution in [3.63, 3.8) is 0 Å². The number of aromatic nitrogens is 5. The van der Waals surface area contributed by atoms with E-state index in [0.717, 1.165) is 40.9 Å². The standard InChI is InChI=1S/C27H17F3N6O3S2/c1-14-12-36(13-34-14)27-33-11-22(40-27)15-7-18-19(10-32-26(18)31-9-15)25(37)23-20(29)5-6-21(24(23)30)35-41(38,39)17-4-2-3-16(28)8-17/h2-13,35H,1H3,(H,31,32). The Balaban J connectivity index is 1.36. The number of thiazole rings is 1. The Bertz CT molecular complexity index is 2090. The van der Waals surface area contributed by atoms with Gasteiger partial charge in [-0.1, -0.05) is 17.4 Å². The van der Waals surface area contributed by atoms with E-state index >= 15 is 4.39 Å². The highest BCUT2D eigenvalue weighted by molar-refractivity contribution is 7.92. The van der Waals surface area contributed by atoms with Crippen molar-refractivity contribution in [1.29, 1.82) is 0 Å². The predicted molar refractivity (Wildman–Crippen MR) is 146 cm³/mol. The molecule has 0 saturated heterocycles. The maximum Gasteiger partial charge on any atom is 0.262 e. The third-order valence-electron chi connectivity index (χ3n) is 6.16. The number of sulfonamides is 1. The molecule has 0 saturated carbocycles. The Kier molecular flexibility index (Phi) is 6.43. The van der Waals surface area contributed by atoms with Crippen molar-refractivity contribution in [2.75, 3.05) is 4.72 Å². The average Bonchev–Trinajstić information content (AvgIpc) is 3.69. The summed E-state index contributed by atoms with van der Waals surface area (Å²) in [5, 5.41) is 0.957. The highest BCUT2D eigenvalue weighted by atomic mass is 32.2. The second kappa shape index (κ2) is 9.98. The zero-order valence-electron chi connectivity index (χ0n) is 20.9. The van der Waals surface area contributed by atoms with E-state index in [2.05, 4.69) is 19.9 Å². The molecule has 2 aromatic carbocycles. The molecule has 0 aliphatic heterocycles. The van der Waals surface area contributed by atoms with Gasteiger partial charge < -0.3 is 4.98 Å². The largest absolute Gasteiger partial charge is 0.345 e. The second-order valence-corrected chi connectivity index (χ2v) is 11.6. The Morgan fingerprint density at radius 3 is 2.63 bits per heavy atom. The molecule has 4 heterocycles. The molecule has 14 heteroatoms. The van der Waals surface area contributed by atoms with Gasteiger partial charge in [0.25, 0.3) is 10.0 Å². The fourth-order valence-electron chi connectivity index (χ4n) is 4.18. The number of nitrogens with one attached hydrogen (secondary N) is 2. The first-order valence-corrected chi connectivity index (χ1v) is 14.2. The van der Waals surface area contributed by atoms with Gasteiger partial charge >= 0.3 is 0 Å². The van der Waals surface area contributed by atoms with Crippen molar-refractivity contribution in [2.45, 2.75) is 11.8 Å². The summed E-state index contributed by atoms with van der Waals surface area (Å²) in [6.45, 7) is 1.86. The number of benzene rings is 2. The lowest BCUT2D eigenvalue weighted by atomic mass is 10.0. The van der Waals surface area contributed by atoms with Crippen molar-refractivity contribution in [2.24, 2.45) is 0 Å². The van der Waals surface area contributed by atoms with Gasteiger partial charge in [0.05, 0.1) is 26.7 Å². The second-order valence-electron chi connectivity index (χ2n) is 8.93. The summed E-state index contributed by atoms with van der Waals surface area (Å²) in [6, 6.07) is 7.34. The van der Waals surface area contributed by atoms with Crippen LogP contribution in [-0.2, 0) is 10.0 Å². The normalized spacial score (nSPS) is 11.7. The molecule has 0 bridgehead atoms. The number of aryl methyl sites for hydroxylation is 1. The molecule has 0 fully saturated rings. The van der Waals surface area contributed by atoms with Crippen LogP contribution < -0.4 is 4.72 Å². The number of carbonyl (C=O) groups is 1. The third-order valence-corrected chi connectivity index (χ3v) is 8.58. The number of pyridine rings is 1. The van der Waals surface area contributed by atoms with Crippen LogP contribution in [0.4, 0.5) is 18.9 Å². The summed E-state index contributed by atoms with van der Waals surface area (Å²) in [5.74, 6) is -4.46. The molecule has 41 heavy (non-hydrogen) atoms. The molecule has 6 aromatic rings. The van der Waals surface area contributed by atoms with E-state index in [0.29, 0.717) is 21.7 Å². The molecule has 0 amide bonds. The molecule has 0 spiro atoms. The van der Waals surface area contributed by atoms with Crippen molar-refractivity contribution in [1.82, 2.24) is 24.5 Å². The number of carbonyl (C=O) groups excluding carboxylic acids is 1. The number of hydrogen-bond donors (Lipinski definition) is 2. The minimum absolute atomic E-state index is 0.0766. The lowest BCUT2D eigenvalue weighted by Crippen LogP contribution is -2.16. The Hall–Kier alpha value is -4.82. The molecule has 4 aromatic heterocycles. The maximum atomic E-state index is 15.5. The third kappa shape index (κ3) is 4.87. The molecular weight excluding hydrogens is 577 g/mol. The van der Waals surface area contributed by atoms with E-state index in [4.69, 9.17) is 0 Å². The Morgan fingerprint density at radius 1 is 1.05 bits per heavy atom. The smallest absolute Gasteiger partial charge is 0.262 e. The SMILES string of the molecule is Cc1cn(-c2ncc(-c3cnc4[nH]cc(C(=O)c5c(F)ccc(NS(=O)(=O)c6cccc(F)c6)c5F)c4c3)s2)cn1. The summed E-state index contributed by atoms with van der Waals surface area (Å²) in [7, 11) is -4.45. The van der Waals surface area contributed by atoms with Crippen LogP contribution in [0.15, 0.2) is 78.5 Å². The molecule has 9 nitrogen and oxygen atoms in total. The van der Waals surface area contributed by atoms with Gasteiger partial charge in [0, 0.05) is 41.3 Å². The highest BCUT2D eigenvalue weighted by Crippen LogP contribution is 2.32. The van der Waals surface area contributed by atoms with Gasteiger partial charge in [0.15, 0.2) is 10.9 Å². The van der Waals surface area contributed by atoms with Crippen LogP contribution >= 0.6 is 11.3 Å². The predicted octanol–water partition coefficient (Wildman–Crippen LogP) is 5.63. The van der Waals surface area contributed by atoms with Gasteiger partial charge in [-0.15, -0.1) is 0 Å². The fraction of sp³-hybridized carbons (Fsp3) is 0.0370. The van der Waals surface area contributed by atoms with Crippen LogP contribution in [0.5, 0.6) is 0 Å². The van der Waals surface area contributed by atoms with Gasteiger partial charge in [0.2, 0.25) is 5.78 Å². The number of rotatable bonds is 7. The first kappa shape index (κ1) is 26.4. The molecule has 0 aliphatic carbocycles. The number of imidazole rings is 1. The van der Waals surface area contributed by atoms with E-state index in [1.807, 2.05) is 17.8 Å². The monoisotopic (exact) mass is 594 g/mol. The first-order valence-electron chi connectivity index (χ1n) is 11.9. The first-order chi connectivity index (χ1) is 19.6. The zero-order valence-corrected chi connectivity index (χ0v) is 22.5. The molecule has 206 valence electrons. The lowest BCUT2D eigenvalue weighted by Gasteiger charge is -2.12. The van der Waals surface area contributed by atoms with Crippen LogP contribution in [0.25, 0.3) is 26.6 Å². The van der Waals surface area contributed by atoms with Gasteiger partial charge in [0.1, 0.15) is 23.6 Å². The van der Waals surface area contributed by atoms with Crippen molar-refractivity contribution in [3.8, 4) is 15.6 Å². The van der Waals surface area contributed by atoms with E-state index in [9.17, 15) is 22.0 Å². The van der Waals surface area contributed by atoms with Crippen LogP contribution in [0, 0.1) is 24.4 Å². The molecular formula is C27H17F3N6O3S2. The fourth-order valence-corrected chi connectivity index (χ4v) is 6.11. The zero-order chi connectivity index (χ0) is 28.9. The molecule has 0 radical (unpaired) electrons. The van der Waals surface area contributed by atoms with Crippen LogP contribution in [0.2, 0.25) is 0 Å².